The number of anilines is 1. The van der Waals surface area contributed by atoms with Crippen molar-refractivity contribution in [3.63, 3.8) is 0 Å². The molecule has 3 N–H and O–H groups in total. The Morgan fingerprint density at radius 2 is 2.25 bits per heavy atom. The van der Waals surface area contributed by atoms with Gasteiger partial charge in [0.1, 0.15) is 0 Å². The van der Waals surface area contributed by atoms with E-state index in [9.17, 15) is 0 Å². The maximum Gasteiger partial charge on any atom is 0.0430 e. The molecule has 0 saturated carbocycles. The van der Waals surface area contributed by atoms with Gasteiger partial charge in [0, 0.05) is 30.9 Å². The van der Waals surface area contributed by atoms with Gasteiger partial charge < -0.3 is 16.0 Å². The lowest BCUT2D eigenvalue weighted by Crippen LogP contribution is -2.44. The summed E-state index contributed by atoms with van der Waals surface area (Å²) in [5, 5.41) is 3.54. The lowest BCUT2D eigenvalue weighted by atomic mass is 10.1. The maximum atomic E-state index is 5.67. The number of hydrogen-bond acceptors (Lipinski definition) is 3. The summed E-state index contributed by atoms with van der Waals surface area (Å²) in [7, 11) is 0. The SMILES string of the molecule is NCCc1ccccc1N1CC2CC1CN2. The van der Waals surface area contributed by atoms with Gasteiger partial charge in [-0.05, 0) is 31.0 Å². The highest BCUT2D eigenvalue weighted by Crippen LogP contribution is 2.31. The Bertz CT molecular complexity index is 377. The van der Waals surface area contributed by atoms with Gasteiger partial charge in [-0.3, -0.25) is 0 Å². The Morgan fingerprint density at radius 1 is 1.38 bits per heavy atom. The number of nitrogens with two attached hydrogens (primary N) is 1. The number of nitrogens with one attached hydrogen (secondary N) is 1. The van der Waals surface area contributed by atoms with Crippen molar-refractivity contribution in [2.75, 3.05) is 24.5 Å². The van der Waals surface area contributed by atoms with Crippen molar-refractivity contribution in [1.29, 1.82) is 0 Å². The van der Waals surface area contributed by atoms with Crippen LogP contribution in [0.3, 0.4) is 0 Å². The Balaban J connectivity index is 1.88. The second kappa shape index (κ2) is 4.07. The number of piperazine rings is 1. The molecule has 0 spiro atoms. The van der Waals surface area contributed by atoms with Crippen LogP contribution < -0.4 is 16.0 Å². The molecule has 3 rings (SSSR count). The van der Waals surface area contributed by atoms with Crippen LogP contribution in [-0.2, 0) is 6.42 Å². The lowest BCUT2D eigenvalue weighted by Gasteiger charge is -2.31. The molecular formula is C13H19N3. The van der Waals surface area contributed by atoms with E-state index >= 15 is 0 Å². The summed E-state index contributed by atoms with van der Waals surface area (Å²) in [5.74, 6) is 0. The van der Waals surface area contributed by atoms with Crippen molar-refractivity contribution in [2.45, 2.75) is 24.9 Å². The van der Waals surface area contributed by atoms with Gasteiger partial charge in [0.2, 0.25) is 0 Å². The van der Waals surface area contributed by atoms with Gasteiger partial charge >= 0.3 is 0 Å². The average Bonchev–Trinajstić information content (AvgIpc) is 2.92. The van der Waals surface area contributed by atoms with Crippen LogP contribution in [-0.4, -0.2) is 31.7 Å². The number of nitrogens with zero attached hydrogens (tertiary/aromatic N) is 1. The molecule has 1 aromatic carbocycles. The van der Waals surface area contributed by atoms with E-state index in [1.165, 1.54) is 17.7 Å². The van der Waals surface area contributed by atoms with Crippen molar-refractivity contribution in [2.24, 2.45) is 5.73 Å². The molecule has 3 heteroatoms. The standard InChI is InChI=1S/C13H19N3/c14-6-5-10-3-1-2-4-13(10)16-9-11-7-12(16)8-15-11/h1-4,11-12,15H,5-9,14H2. The van der Waals surface area contributed by atoms with E-state index in [1.807, 2.05) is 0 Å². The number of para-hydroxylation sites is 1. The van der Waals surface area contributed by atoms with E-state index in [0.29, 0.717) is 12.1 Å². The highest BCUT2D eigenvalue weighted by Gasteiger charge is 2.37. The summed E-state index contributed by atoms with van der Waals surface area (Å²) < 4.78 is 0. The third-order valence-electron chi connectivity index (χ3n) is 3.77. The Labute approximate surface area is 96.6 Å². The zero-order valence-corrected chi connectivity index (χ0v) is 9.52. The van der Waals surface area contributed by atoms with Gasteiger partial charge in [-0.1, -0.05) is 18.2 Å². The molecule has 0 aliphatic carbocycles. The van der Waals surface area contributed by atoms with E-state index in [0.717, 1.165) is 26.1 Å². The third-order valence-corrected chi connectivity index (χ3v) is 3.77. The molecule has 0 amide bonds. The molecule has 3 nitrogen and oxygen atoms in total. The normalized spacial score (nSPS) is 27.7. The van der Waals surface area contributed by atoms with Crippen LogP contribution in [0.25, 0.3) is 0 Å². The predicted molar refractivity (Wildman–Crippen MR) is 66.7 cm³/mol. The smallest absolute Gasteiger partial charge is 0.0430 e. The zero-order chi connectivity index (χ0) is 11.0. The topological polar surface area (TPSA) is 41.3 Å². The summed E-state index contributed by atoms with van der Waals surface area (Å²) >= 11 is 0. The van der Waals surface area contributed by atoms with Crippen LogP contribution in [0, 0.1) is 0 Å². The number of benzene rings is 1. The van der Waals surface area contributed by atoms with E-state index in [2.05, 4.69) is 34.5 Å². The van der Waals surface area contributed by atoms with Gasteiger partial charge in [0.05, 0.1) is 0 Å². The van der Waals surface area contributed by atoms with E-state index in [4.69, 9.17) is 5.73 Å². The fraction of sp³-hybridized carbons (Fsp3) is 0.538. The Hall–Kier alpha value is -1.06. The van der Waals surface area contributed by atoms with Crippen molar-refractivity contribution < 1.29 is 0 Å². The summed E-state index contributed by atoms with van der Waals surface area (Å²) in [5.41, 5.74) is 8.48. The third kappa shape index (κ3) is 1.60. The van der Waals surface area contributed by atoms with Crippen LogP contribution in [0.2, 0.25) is 0 Å². The van der Waals surface area contributed by atoms with Crippen molar-refractivity contribution in [3.8, 4) is 0 Å². The summed E-state index contributed by atoms with van der Waals surface area (Å²) in [6.07, 6.45) is 2.29. The fourth-order valence-electron chi connectivity index (χ4n) is 3.01. The maximum absolute atomic E-state index is 5.67. The molecule has 2 unspecified atom stereocenters. The van der Waals surface area contributed by atoms with Crippen LogP contribution in [0.15, 0.2) is 24.3 Å². The number of hydrogen-bond donors (Lipinski definition) is 2. The lowest BCUT2D eigenvalue weighted by molar-refractivity contribution is 0.579. The van der Waals surface area contributed by atoms with Crippen LogP contribution in [0.1, 0.15) is 12.0 Å². The van der Waals surface area contributed by atoms with Crippen LogP contribution >= 0.6 is 0 Å². The summed E-state index contributed by atoms with van der Waals surface area (Å²) in [6.45, 7) is 3.03. The van der Waals surface area contributed by atoms with Crippen molar-refractivity contribution in [3.05, 3.63) is 29.8 Å². The molecule has 2 fully saturated rings. The summed E-state index contributed by atoms with van der Waals surface area (Å²) in [6, 6.07) is 10.1. The Morgan fingerprint density at radius 3 is 2.94 bits per heavy atom. The van der Waals surface area contributed by atoms with Crippen molar-refractivity contribution >= 4 is 5.69 Å². The minimum absolute atomic E-state index is 0.698. The molecule has 2 atom stereocenters. The monoisotopic (exact) mass is 217 g/mol. The van der Waals surface area contributed by atoms with E-state index in [-0.39, 0.29) is 0 Å². The fourth-order valence-corrected chi connectivity index (χ4v) is 3.01. The van der Waals surface area contributed by atoms with E-state index in [1.54, 1.807) is 0 Å². The minimum atomic E-state index is 0.698. The first-order valence-corrected chi connectivity index (χ1v) is 6.16. The van der Waals surface area contributed by atoms with Crippen molar-refractivity contribution in [1.82, 2.24) is 5.32 Å². The molecule has 16 heavy (non-hydrogen) atoms. The first kappa shape index (κ1) is 10.1. The van der Waals surface area contributed by atoms with Gasteiger partial charge in [-0.25, -0.2) is 0 Å². The molecule has 2 aliphatic rings. The molecule has 0 radical (unpaired) electrons. The van der Waals surface area contributed by atoms with E-state index < -0.39 is 0 Å². The minimum Gasteiger partial charge on any atom is -0.365 e. The second-order valence-corrected chi connectivity index (χ2v) is 4.81. The van der Waals surface area contributed by atoms with Crippen LogP contribution in [0.5, 0.6) is 0 Å². The average molecular weight is 217 g/mol. The van der Waals surface area contributed by atoms with Gasteiger partial charge in [0.25, 0.3) is 0 Å². The first-order chi connectivity index (χ1) is 7.88. The van der Waals surface area contributed by atoms with Gasteiger partial charge in [-0.2, -0.15) is 0 Å². The first-order valence-electron chi connectivity index (χ1n) is 6.16. The largest absolute Gasteiger partial charge is 0.365 e. The quantitative estimate of drug-likeness (QED) is 0.784. The second-order valence-electron chi connectivity index (χ2n) is 4.81. The van der Waals surface area contributed by atoms with Gasteiger partial charge in [0.15, 0.2) is 0 Å². The number of rotatable bonds is 3. The van der Waals surface area contributed by atoms with Gasteiger partial charge in [-0.15, -0.1) is 0 Å². The highest BCUT2D eigenvalue weighted by atomic mass is 15.3. The Kier molecular flexibility index (Phi) is 2.58. The highest BCUT2D eigenvalue weighted by molar-refractivity contribution is 5.56. The number of fused-ring (bicyclic) bond motifs is 2. The molecule has 2 aliphatic heterocycles. The summed E-state index contributed by atoms with van der Waals surface area (Å²) in [4.78, 5) is 2.56. The molecule has 2 heterocycles. The molecule has 86 valence electrons. The molecular weight excluding hydrogens is 198 g/mol. The zero-order valence-electron chi connectivity index (χ0n) is 9.52. The molecule has 2 saturated heterocycles. The molecule has 2 bridgehead atoms. The molecule has 1 aromatic rings. The molecule has 0 aromatic heterocycles. The predicted octanol–water partition coefficient (Wildman–Crippen LogP) is 0.738. The van der Waals surface area contributed by atoms with Crippen LogP contribution in [0.4, 0.5) is 5.69 Å².